The number of hydrogen-bond donors (Lipinski definition) is 2. The molecule has 40 heavy (non-hydrogen) atoms. The summed E-state index contributed by atoms with van der Waals surface area (Å²) in [6.45, 7) is 9.95. The molecule has 0 atom stereocenters. The highest BCUT2D eigenvalue weighted by Crippen LogP contribution is 2.20. The number of imide groups is 2. The Morgan fingerprint density at radius 2 is 1.05 bits per heavy atom. The molecule has 0 saturated heterocycles. The van der Waals surface area contributed by atoms with Crippen LogP contribution in [-0.2, 0) is 38.2 Å². The van der Waals surface area contributed by atoms with E-state index in [0.29, 0.717) is 39.1 Å². The van der Waals surface area contributed by atoms with E-state index in [9.17, 15) is 28.8 Å². The molecule has 0 aromatic heterocycles. The summed E-state index contributed by atoms with van der Waals surface area (Å²) < 4.78 is 12.0. The number of rotatable bonds is 19. The number of hydrogen-bond acceptors (Lipinski definition) is 8. The van der Waals surface area contributed by atoms with Crippen molar-refractivity contribution in [2.24, 2.45) is 0 Å². The first-order chi connectivity index (χ1) is 18.8. The van der Waals surface area contributed by atoms with Crippen LogP contribution in [0.15, 0.2) is 24.3 Å². The van der Waals surface area contributed by atoms with E-state index in [1.54, 1.807) is 0 Å². The van der Waals surface area contributed by atoms with Crippen LogP contribution in [-0.4, -0.2) is 95.8 Å². The summed E-state index contributed by atoms with van der Waals surface area (Å²) in [6.07, 6.45) is 7.67. The Morgan fingerprint density at radius 3 is 1.52 bits per heavy atom. The van der Waals surface area contributed by atoms with Crippen LogP contribution in [0.5, 0.6) is 0 Å². The number of carbonyl (C=O) groups excluding carboxylic acids is 6. The van der Waals surface area contributed by atoms with Gasteiger partial charge in [0, 0.05) is 69.9 Å². The third-order valence-electron chi connectivity index (χ3n) is 6.54. The van der Waals surface area contributed by atoms with Gasteiger partial charge in [-0.25, -0.2) is 0 Å². The minimum atomic E-state index is -0.412. The number of nitrogens with one attached hydrogen (secondary N) is 2. The Labute approximate surface area is 235 Å². The lowest BCUT2D eigenvalue weighted by Crippen LogP contribution is -2.35. The third kappa shape index (κ3) is 11.8. The summed E-state index contributed by atoms with van der Waals surface area (Å²) in [5, 5.41) is 5.58. The lowest BCUT2D eigenvalue weighted by molar-refractivity contribution is -0.139. The maximum atomic E-state index is 12.0. The molecule has 2 heterocycles. The minimum Gasteiger partial charge on any atom is -0.375 e. The Morgan fingerprint density at radius 1 is 0.650 bits per heavy atom. The summed E-state index contributed by atoms with van der Waals surface area (Å²) in [7, 11) is 0. The number of ether oxygens (including phenoxy) is 2. The molecule has 0 aromatic rings. The second-order valence-electron chi connectivity index (χ2n) is 10.9. The zero-order valence-corrected chi connectivity index (χ0v) is 24.0. The molecule has 0 saturated carbocycles. The van der Waals surface area contributed by atoms with Crippen molar-refractivity contribution in [2.45, 2.75) is 77.4 Å². The van der Waals surface area contributed by atoms with Gasteiger partial charge in [-0.15, -0.1) is 0 Å². The Bertz CT molecular complexity index is 982. The zero-order valence-electron chi connectivity index (χ0n) is 24.0. The van der Waals surface area contributed by atoms with Crippen LogP contribution in [0.25, 0.3) is 0 Å². The number of amides is 6. The van der Waals surface area contributed by atoms with Gasteiger partial charge in [-0.3, -0.25) is 38.6 Å². The summed E-state index contributed by atoms with van der Waals surface area (Å²) in [6, 6.07) is 0. The van der Waals surface area contributed by atoms with Gasteiger partial charge in [-0.1, -0.05) is 0 Å². The molecule has 2 rings (SSSR count). The highest BCUT2D eigenvalue weighted by Gasteiger charge is 2.25. The molecule has 12 nitrogen and oxygen atoms in total. The van der Waals surface area contributed by atoms with Crippen LogP contribution in [0.3, 0.4) is 0 Å². The molecule has 2 aliphatic heterocycles. The fourth-order valence-corrected chi connectivity index (χ4v) is 4.01. The van der Waals surface area contributed by atoms with Crippen LogP contribution in [0.2, 0.25) is 0 Å². The summed E-state index contributed by atoms with van der Waals surface area (Å²) in [5.41, 5.74) is -0.795. The molecule has 0 aliphatic carbocycles. The van der Waals surface area contributed by atoms with Crippen molar-refractivity contribution >= 4 is 35.4 Å². The topological polar surface area (TPSA) is 151 Å². The van der Waals surface area contributed by atoms with Crippen molar-refractivity contribution in [3.05, 3.63) is 24.3 Å². The van der Waals surface area contributed by atoms with Gasteiger partial charge in [-0.2, -0.15) is 0 Å². The fraction of sp³-hybridized carbons (Fsp3) is 0.643. The standard InChI is InChI=1S/C28H42N4O8/c1-27(2,13-5-15-29-21(33)11-17-31-23(35)7-8-24(31)36)40-20-14-28(3,4)39-19-6-16-30-22(34)12-18-32-25(37)9-10-26(32)38/h7-10H,5-6,11-20H2,1-4H3,(H,29,33)(H,30,34). The SMILES string of the molecule is CC(C)(CCCNC(=O)CCN1C(=O)C=CC1=O)OCCC(C)(C)OCCCNC(=O)CCN1C(=O)C=CC1=O. The van der Waals surface area contributed by atoms with E-state index in [1.807, 2.05) is 27.7 Å². The molecule has 6 amide bonds. The van der Waals surface area contributed by atoms with E-state index in [0.717, 1.165) is 22.6 Å². The third-order valence-corrected chi connectivity index (χ3v) is 6.54. The van der Waals surface area contributed by atoms with Gasteiger partial charge in [0.2, 0.25) is 11.8 Å². The van der Waals surface area contributed by atoms with Gasteiger partial charge in [0.05, 0.1) is 17.8 Å². The average Bonchev–Trinajstić information content (AvgIpc) is 3.37. The highest BCUT2D eigenvalue weighted by atomic mass is 16.5. The van der Waals surface area contributed by atoms with E-state index < -0.39 is 29.2 Å². The molecular formula is C28H42N4O8. The highest BCUT2D eigenvalue weighted by molar-refractivity contribution is 6.13. The van der Waals surface area contributed by atoms with Crippen molar-refractivity contribution in [3.8, 4) is 0 Å². The lowest BCUT2D eigenvalue weighted by atomic mass is 10.0. The quantitative estimate of drug-likeness (QED) is 0.175. The maximum absolute atomic E-state index is 12.0. The molecule has 0 radical (unpaired) electrons. The normalized spacial score (nSPS) is 15.5. The van der Waals surface area contributed by atoms with Gasteiger partial charge >= 0.3 is 0 Å². The molecular weight excluding hydrogens is 520 g/mol. The summed E-state index contributed by atoms with van der Waals surface area (Å²) in [4.78, 5) is 72.1. The fourth-order valence-electron chi connectivity index (χ4n) is 4.01. The predicted octanol–water partition coefficient (Wildman–Crippen LogP) is 1.000. The Kier molecular flexibility index (Phi) is 12.7. The van der Waals surface area contributed by atoms with Gasteiger partial charge in [-0.05, 0) is 53.4 Å². The van der Waals surface area contributed by atoms with E-state index in [1.165, 1.54) is 24.3 Å². The molecule has 0 fully saturated rings. The number of carbonyl (C=O) groups is 6. The average molecular weight is 563 g/mol. The second kappa shape index (κ2) is 15.4. The van der Waals surface area contributed by atoms with E-state index >= 15 is 0 Å². The number of nitrogens with zero attached hydrogens (tertiary/aromatic N) is 2. The van der Waals surface area contributed by atoms with Crippen LogP contribution in [0, 0.1) is 0 Å². The first kappa shape index (κ1) is 32.8. The Hall–Kier alpha value is -3.38. The maximum Gasteiger partial charge on any atom is 0.253 e. The second-order valence-corrected chi connectivity index (χ2v) is 10.9. The lowest BCUT2D eigenvalue weighted by Gasteiger charge is -2.30. The minimum absolute atomic E-state index is 0.0615. The van der Waals surface area contributed by atoms with E-state index in [-0.39, 0.29) is 43.3 Å². The van der Waals surface area contributed by atoms with Crippen LogP contribution in [0.1, 0.15) is 66.2 Å². The van der Waals surface area contributed by atoms with Crippen molar-refractivity contribution < 1.29 is 38.2 Å². The summed E-state index contributed by atoms with van der Waals surface area (Å²) in [5.74, 6) is -2.01. The van der Waals surface area contributed by atoms with Crippen LogP contribution >= 0.6 is 0 Å². The first-order valence-corrected chi connectivity index (χ1v) is 13.7. The van der Waals surface area contributed by atoms with Gasteiger partial charge in [0.1, 0.15) is 0 Å². The van der Waals surface area contributed by atoms with Crippen molar-refractivity contribution in [2.75, 3.05) is 39.4 Å². The van der Waals surface area contributed by atoms with Crippen molar-refractivity contribution in [1.82, 2.24) is 20.4 Å². The van der Waals surface area contributed by atoms with Crippen LogP contribution in [0.4, 0.5) is 0 Å². The van der Waals surface area contributed by atoms with Crippen molar-refractivity contribution in [3.63, 3.8) is 0 Å². The van der Waals surface area contributed by atoms with E-state index in [4.69, 9.17) is 9.47 Å². The zero-order chi connectivity index (χ0) is 29.8. The van der Waals surface area contributed by atoms with Gasteiger partial charge in [0.15, 0.2) is 0 Å². The molecule has 0 spiro atoms. The van der Waals surface area contributed by atoms with Gasteiger partial charge in [0.25, 0.3) is 23.6 Å². The molecule has 0 unspecified atom stereocenters. The largest absolute Gasteiger partial charge is 0.375 e. The smallest absolute Gasteiger partial charge is 0.253 e. The van der Waals surface area contributed by atoms with Gasteiger partial charge < -0.3 is 20.1 Å². The van der Waals surface area contributed by atoms with Crippen molar-refractivity contribution in [1.29, 1.82) is 0 Å². The molecule has 222 valence electrons. The van der Waals surface area contributed by atoms with Crippen LogP contribution < -0.4 is 10.6 Å². The monoisotopic (exact) mass is 562 g/mol. The molecule has 0 aromatic carbocycles. The predicted molar refractivity (Wildman–Crippen MR) is 146 cm³/mol. The molecule has 0 bridgehead atoms. The molecule has 2 N–H and O–H groups in total. The molecule has 12 heteroatoms. The molecule has 2 aliphatic rings. The Balaban J connectivity index is 1.49. The summed E-state index contributed by atoms with van der Waals surface area (Å²) >= 11 is 0. The first-order valence-electron chi connectivity index (χ1n) is 13.7. The van der Waals surface area contributed by atoms with E-state index in [2.05, 4.69) is 10.6 Å².